The number of aryl methyl sites for hydroxylation is 2. The quantitative estimate of drug-likeness (QED) is 0.668. The average Bonchev–Trinajstić information content (AvgIpc) is 2.54. The van der Waals surface area contributed by atoms with Crippen molar-refractivity contribution in [1.29, 1.82) is 0 Å². The second kappa shape index (κ2) is 8.59. The minimum absolute atomic E-state index is 0.00188. The van der Waals surface area contributed by atoms with Crippen LogP contribution in [-0.2, 0) is 4.79 Å². The lowest BCUT2D eigenvalue weighted by atomic mass is 10.00. The molecule has 128 valence electrons. The predicted octanol–water partition coefficient (Wildman–Crippen LogP) is 5.70. The fraction of sp³-hybridized carbons (Fsp3) is 0.350. The highest BCUT2D eigenvalue weighted by molar-refractivity contribution is 8.00. The van der Waals surface area contributed by atoms with E-state index in [2.05, 4.69) is 37.4 Å². The maximum absolute atomic E-state index is 12.6. The molecule has 1 N–H and O–H groups in total. The number of hydrogen-bond acceptors (Lipinski definition) is 2. The fourth-order valence-corrected chi connectivity index (χ4v) is 3.78. The Morgan fingerprint density at radius 2 is 1.83 bits per heavy atom. The molecule has 0 fully saturated rings. The lowest BCUT2D eigenvalue weighted by Crippen LogP contribution is -2.34. The van der Waals surface area contributed by atoms with Gasteiger partial charge in [0.15, 0.2) is 0 Å². The zero-order valence-corrected chi connectivity index (χ0v) is 16.2. The molecule has 0 saturated carbocycles. The third-order valence-corrected chi connectivity index (χ3v) is 5.63. The summed E-state index contributed by atoms with van der Waals surface area (Å²) in [5.41, 5.74) is 3.61. The number of carbonyl (C=O) groups excluding carboxylic acids is 1. The molecule has 0 saturated heterocycles. The van der Waals surface area contributed by atoms with E-state index in [0.29, 0.717) is 5.02 Å². The van der Waals surface area contributed by atoms with Gasteiger partial charge in [-0.05, 0) is 62.6 Å². The van der Waals surface area contributed by atoms with E-state index in [1.54, 1.807) is 11.8 Å². The minimum Gasteiger partial charge on any atom is -0.349 e. The Morgan fingerprint density at radius 1 is 1.17 bits per heavy atom. The van der Waals surface area contributed by atoms with Gasteiger partial charge in [-0.25, -0.2) is 0 Å². The SMILES string of the molecule is CC[C@H](Sc1ccc(Cl)cc1)C(=O)N[C@H](C)c1ccc(C)cc1C. The molecule has 1 amide bonds. The van der Waals surface area contributed by atoms with Crippen LogP contribution in [0.2, 0.25) is 5.02 Å². The van der Waals surface area contributed by atoms with Gasteiger partial charge < -0.3 is 5.32 Å². The highest BCUT2D eigenvalue weighted by atomic mass is 35.5. The number of amides is 1. The number of nitrogens with one attached hydrogen (secondary N) is 1. The summed E-state index contributed by atoms with van der Waals surface area (Å²) < 4.78 is 0. The number of thioether (sulfide) groups is 1. The van der Waals surface area contributed by atoms with Crippen LogP contribution < -0.4 is 5.32 Å². The number of rotatable bonds is 6. The Labute approximate surface area is 154 Å². The molecule has 2 atom stereocenters. The minimum atomic E-state index is -0.112. The van der Waals surface area contributed by atoms with Gasteiger partial charge >= 0.3 is 0 Å². The number of benzene rings is 2. The van der Waals surface area contributed by atoms with Gasteiger partial charge in [-0.15, -0.1) is 11.8 Å². The van der Waals surface area contributed by atoms with Crippen LogP contribution in [-0.4, -0.2) is 11.2 Å². The molecule has 2 aromatic rings. The van der Waals surface area contributed by atoms with Crippen LogP contribution >= 0.6 is 23.4 Å². The number of carbonyl (C=O) groups is 1. The van der Waals surface area contributed by atoms with Crippen LogP contribution in [0.25, 0.3) is 0 Å². The lowest BCUT2D eigenvalue weighted by Gasteiger charge is -2.21. The number of hydrogen-bond donors (Lipinski definition) is 1. The van der Waals surface area contributed by atoms with E-state index in [4.69, 9.17) is 11.6 Å². The molecule has 24 heavy (non-hydrogen) atoms. The van der Waals surface area contributed by atoms with E-state index in [0.717, 1.165) is 11.3 Å². The van der Waals surface area contributed by atoms with Gasteiger partial charge in [0, 0.05) is 9.92 Å². The van der Waals surface area contributed by atoms with Crippen LogP contribution in [0.5, 0.6) is 0 Å². The van der Waals surface area contributed by atoms with Gasteiger partial charge in [0.25, 0.3) is 0 Å². The molecular formula is C20H24ClNOS. The number of halogens is 1. The van der Waals surface area contributed by atoms with E-state index in [1.807, 2.05) is 38.1 Å². The maximum atomic E-state index is 12.6. The molecular weight excluding hydrogens is 338 g/mol. The van der Waals surface area contributed by atoms with Crippen LogP contribution in [0.15, 0.2) is 47.4 Å². The second-order valence-corrected chi connectivity index (χ2v) is 7.77. The zero-order valence-electron chi connectivity index (χ0n) is 14.6. The summed E-state index contributed by atoms with van der Waals surface area (Å²) >= 11 is 7.50. The molecule has 2 nitrogen and oxygen atoms in total. The van der Waals surface area contributed by atoms with Gasteiger partial charge in [-0.3, -0.25) is 4.79 Å². The van der Waals surface area contributed by atoms with E-state index in [1.165, 1.54) is 16.7 Å². The summed E-state index contributed by atoms with van der Waals surface area (Å²) in [6.07, 6.45) is 0.777. The van der Waals surface area contributed by atoms with Gasteiger partial charge in [-0.1, -0.05) is 42.3 Å². The summed E-state index contributed by atoms with van der Waals surface area (Å²) in [7, 11) is 0. The Morgan fingerprint density at radius 3 is 2.42 bits per heavy atom. The Hall–Kier alpha value is -1.45. The summed E-state index contributed by atoms with van der Waals surface area (Å²) in [6.45, 7) is 8.24. The summed E-state index contributed by atoms with van der Waals surface area (Å²) in [4.78, 5) is 13.7. The van der Waals surface area contributed by atoms with E-state index in [-0.39, 0.29) is 17.2 Å². The van der Waals surface area contributed by atoms with Crippen LogP contribution in [0.3, 0.4) is 0 Å². The molecule has 0 aliphatic heterocycles. The molecule has 0 heterocycles. The van der Waals surface area contributed by atoms with Gasteiger partial charge in [0.2, 0.25) is 5.91 Å². The highest BCUT2D eigenvalue weighted by Crippen LogP contribution is 2.28. The molecule has 2 aromatic carbocycles. The second-order valence-electron chi connectivity index (χ2n) is 6.06. The topological polar surface area (TPSA) is 29.1 Å². The van der Waals surface area contributed by atoms with Crippen molar-refractivity contribution in [3.8, 4) is 0 Å². The smallest absolute Gasteiger partial charge is 0.233 e. The van der Waals surface area contributed by atoms with Crippen molar-refractivity contribution in [2.75, 3.05) is 0 Å². The van der Waals surface area contributed by atoms with Crippen molar-refractivity contribution in [3.63, 3.8) is 0 Å². The van der Waals surface area contributed by atoms with Crippen molar-refractivity contribution in [2.45, 2.75) is 50.3 Å². The Balaban J connectivity index is 2.04. The predicted molar refractivity (Wildman–Crippen MR) is 104 cm³/mol. The van der Waals surface area contributed by atoms with Crippen molar-refractivity contribution >= 4 is 29.3 Å². The molecule has 0 spiro atoms. The highest BCUT2D eigenvalue weighted by Gasteiger charge is 2.20. The first kappa shape index (κ1) is 18.9. The monoisotopic (exact) mass is 361 g/mol. The Kier molecular flexibility index (Phi) is 6.76. The van der Waals surface area contributed by atoms with Crippen molar-refractivity contribution in [1.82, 2.24) is 5.32 Å². The Bertz CT molecular complexity index is 699. The largest absolute Gasteiger partial charge is 0.349 e. The maximum Gasteiger partial charge on any atom is 0.233 e. The molecule has 0 aliphatic carbocycles. The summed E-state index contributed by atoms with van der Waals surface area (Å²) in [5.74, 6) is 0.0740. The van der Waals surface area contributed by atoms with Crippen LogP contribution in [0.1, 0.15) is 43.0 Å². The third kappa shape index (κ3) is 5.02. The van der Waals surface area contributed by atoms with Crippen molar-refractivity contribution in [3.05, 3.63) is 64.2 Å². The zero-order chi connectivity index (χ0) is 17.7. The molecule has 0 aliphatic rings. The first-order valence-electron chi connectivity index (χ1n) is 8.20. The van der Waals surface area contributed by atoms with Gasteiger partial charge in [0.05, 0.1) is 11.3 Å². The van der Waals surface area contributed by atoms with Crippen LogP contribution in [0, 0.1) is 13.8 Å². The first-order valence-corrected chi connectivity index (χ1v) is 9.46. The first-order chi connectivity index (χ1) is 11.4. The molecule has 4 heteroatoms. The summed E-state index contributed by atoms with van der Waals surface area (Å²) in [5, 5.41) is 3.75. The van der Waals surface area contributed by atoms with Gasteiger partial charge in [-0.2, -0.15) is 0 Å². The molecule has 2 rings (SSSR count). The molecule has 0 aromatic heterocycles. The van der Waals surface area contributed by atoms with E-state index < -0.39 is 0 Å². The summed E-state index contributed by atoms with van der Waals surface area (Å²) in [6, 6.07) is 14.0. The molecule has 0 unspecified atom stereocenters. The van der Waals surface area contributed by atoms with Crippen LogP contribution in [0.4, 0.5) is 0 Å². The van der Waals surface area contributed by atoms with Gasteiger partial charge in [0.1, 0.15) is 0 Å². The molecule has 0 bridgehead atoms. The van der Waals surface area contributed by atoms with Crippen molar-refractivity contribution in [2.24, 2.45) is 0 Å². The normalized spacial score (nSPS) is 13.4. The van der Waals surface area contributed by atoms with E-state index in [9.17, 15) is 4.79 Å². The average molecular weight is 362 g/mol. The molecule has 0 radical (unpaired) electrons. The fourth-order valence-electron chi connectivity index (χ4n) is 2.70. The standard InChI is InChI=1S/C20H24ClNOS/c1-5-19(24-17-9-7-16(21)8-10-17)20(23)22-15(4)18-11-6-13(2)12-14(18)3/h6-12,15,19H,5H2,1-4H3,(H,22,23)/t15-,19+/m1/s1. The van der Waals surface area contributed by atoms with E-state index >= 15 is 0 Å². The lowest BCUT2D eigenvalue weighted by molar-refractivity contribution is -0.121. The van der Waals surface area contributed by atoms with Crippen molar-refractivity contribution < 1.29 is 4.79 Å². The third-order valence-electron chi connectivity index (χ3n) is 4.01.